The van der Waals surface area contributed by atoms with Crippen LogP contribution in [0.3, 0.4) is 0 Å². The maximum absolute atomic E-state index is 9.85. The predicted octanol–water partition coefficient (Wildman–Crippen LogP) is 6.62. The van der Waals surface area contributed by atoms with Gasteiger partial charge in [0.2, 0.25) is 0 Å². The third-order valence-corrected chi connectivity index (χ3v) is 10.7. The van der Waals surface area contributed by atoms with Crippen molar-refractivity contribution in [3.8, 4) is 11.5 Å². The second-order valence-electron chi connectivity index (χ2n) is 14.9. The summed E-state index contributed by atoms with van der Waals surface area (Å²) in [7, 11) is 3.27. The molecule has 2 aliphatic rings. The first-order valence-electron chi connectivity index (χ1n) is 22.1. The molecule has 359 valence electrons. The van der Waals surface area contributed by atoms with Gasteiger partial charge in [-0.2, -0.15) is 0 Å². The van der Waals surface area contributed by atoms with Crippen molar-refractivity contribution in [2.75, 3.05) is 107 Å². The van der Waals surface area contributed by atoms with Gasteiger partial charge in [0.25, 0.3) is 0 Å². The maximum Gasteiger partial charge on any atom is 0.163 e. The number of aliphatic hydroxyl groups excluding tert-OH is 2. The normalized spacial score (nSPS) is 12.5. The molecule has 6 bridgehead atoms. The van der Waals surface area contributed by atoms with Crippen LogP contribution in [-0.4, -0.2) is 137 Å². The Bertz CT molecular complexity index is 2050. The molecule has 0 aliphatic carbocycles. The van der Waals surface area contributed by atoms with Crippen LogP contribution in [0, 0.1) is 36.9 Å². The topological polar surface area (TPSA) is 180 Å². The van der Waals surface area contributed by atoms with E-state index >= 15 is 0 Å². The van der Waals surface area contributed by atoms with Crippen LogP contribution in [-0.2, 0) is 41.3 Å². The zero-order chi connectivity index (χ0) is 44.8. The number of benzene rings is 1. The fraction of sp³-hybridized carbons (Fsp3) is 0.542. The van der Waals surface area contributed by atoms with Gasteiger partial charge in [-0.1, -0.05) is 37.1 Å². The summed E-state index contributed by atoms with van der Waals surface area (Å²) in [5.74, 6) is 0.921. The number of aryl methyl sites for hydroxylation is 2. The van der Waals surface area contributed by atoms with E-state index in [1.165, 1.54) is 11.1 Å². The Morgan fingerprint density at radius 1 is 0.516 bits per heavy atom. The van der Waals surface area contributed by atoms with Crippen LogP contribution in [0.15, 0.2) is 36.7 Å². The van der Waals surface area contributed by atoms with Gasteiger partial charge in [-0.25, -0.2) is 9.97 Å². The second-order valence-corrected chi connectivity index (χ2v) is 14.9. The molecule has 0 atom stereocenters. The Labute approximate surface area is 406 Å². The zero-order valence-electron chi connectivity index (χ0n) is 38.3. The van der Waals surface area contributed by atoms with Crippen LogP contribution in [0.25, 0.3) is 44.4 Å². The molecule has 0 unspecified atom stereocenters. The van der Waals surface area contributed by atoms with Gasteiger partial charge < -0.3 is 53.1 Å². The zero-order valence-corrected chi connectivity index (χ0v) is 39.9. The van der Waals surface area contributed by atoms with Crippen LogP contribution in [0.1, 0.15) is 87.3 Å². The molecule has 0 amide bonds. The monoisotopic (exact) mass is 1050 g/mol. The predicted molar refractivity (Wildman–Crippen MR) is 244 cm³/mol. The van der Waals surface area contributed by atoms with Gasteiger partial charge in [0.05, 0.1) is 112 Å². The summed E-state index contributed by atoms with van der Waals surface area (Å²) in [6.07, 6.45) is 7.61. The van der Waals surface area contributed by atoms with E-state index in [0.29, 0.717) is 126 Å². The number of nitrogens with zero attached hydrogens (tertiary/aromatic N) is 5. The number of allylic oxidation sites excluding steroid dienone is 4. The smallest absolute Gasteiger partial charge is 0.163 e. The summed E-state index contributed by atoms with van der Waals surface area (Å²) >= 11 is 0. The Morgan fingerprint density at radius 3 is 1.25 bits per heavy atom. The van der Waals surface area contributed by atoms with Crippen molar-refractivity contribution in [1.82, 2.24) is 24.9 Å². The van der Waals surface area contributed by atoms with E-state index in [0.717, 1.165) is 57.6 Å². The van der Waals surface area contributed by atoms with Crippen molar-refractivity contribution in [2.24, 2.45) is 0 Å². The van der Waals surface area contributed by atoms with E-state index in [1.54, 1.807) is 26.6 Å². The summed E-state index contributed by atoms with van der Waals surface area (Å²) in [4.78, 5) is 25.5. The van der Waals surface area contributed by atoms with Crippen LogP contribution >= 0.6 is 0 Å². The molecule has 3 aromatic rings. The molecular weight excluding hydrogens is 982 g/mol. The third-order valence-electron chi connectivity index (χ3n) is 10.7. The van der Waals surface area contributed by atoms with Gasteiger partial charge in [0.1, 0.15) is 13.2 Å². The summed E-state index contributed by atoms with van der Waals surface area (Å²) in [6.45, 7) is 13.4. The number of aliphatic hydroxyl groups is 2. The van der Waals surface area contributed by atoms with E-state index in [9.17, 15) is 10.2 Å². The molecule has 0 saturated carbocycles. The summed E-state index contributed by atoms with van der Waals surface area (Å²) in [5, 5.41) is 19.7. The number of rotatable bonds is 28. The Morgan fingerprint density at radius 2 is 0.891 bits per heavy atom. The molecule has 0 fully saturated rings. The Hall–Kier alpha value is -3.35. The van der Waals surface area contributed by atoms with Gasteiger partial charge in [-0.3, -0.25) is 9.97 Å². The van der Waals surface area contributed by atoms with Crippen LogP contribution in [0.4, 0.5) is 0 Å². The molecule has 0 saturated heterocycles. The van der Waals surface area contributed by atoms with Crippen molar-refractivity contribution < 1.29 is 85.0 Å². The largest absolute Gasteiger partial charge is 0.657 e. The molecule has 2 N–H and O–H groups in total. The molecule has 1 aromatic carbocycles. The first-order chi connectivity index (χ1) is 30.9. The Balaban J connectivity index is 0.00000898. The molecule has 1 radical (unpaired) electrons. The summed E-state index contributed by atoms with van der Waals surface area (Å²) in [5.41, 5.74) is 12.2. The summed E-state index contributed by atoms with van der Waals surface area (Å²) in [6, 6.07) is 7.78. The second kappa shape index (κ2) is 29.3. The Kier molecular flexibility index (Phi) is 24.4. The van der Waals surface area contributed by atoms with Gasteiger partial charge in [-0.15, -0.1) is 11.0 Å². The van der Waals surface area contributed by atoms with Crippen molar-refractivity contribution in [3.63, 3.8) is 0 Å². The molecule has 15 nitrogen and oxygen atoms in total. The molecule has 0 spiro atoms. The van der Waals surface area contributed by atoms with E-state index < -0.39 is 0 Å². The van der Waals surface area contributed by atoms with E-state index in [2.05, 4.69) is 26.0 Å². The minimum absolute atomic E-state index is 0. The average molecular weight is 1050 g/mol. The van der Waals surface area contributed by atoms with E-state index in [1.807, 2.05) is 26.0 Å². The van der Waals surface area contributed by atoms with Crippen LogP contribution in [0.2, 0.25) is 0 Å². The summed E-state index contributed by atoms with van der Waals surface area (Å²) < 4.78 is 45.3. The third kappa shape index (κ3) is 15.4. The molecule has 16 heteroatoms. The molecular formula is C48H66LuN5O10-. The number of hydrogen-bond donors (Lipinski definition) is 2. The molecule has 5 rings (SSSR count). The number of aromatic nitrogens is 5. The standard InChI is InChI=1S/C48H66N5O10.Lu/c1-7-35-36(8-2)40-28-42-38(12-10-14-55)34(4)46(53-42)32-50-44-30-48(63-26-24-61-22-20-59-18-16-57-6)47(62-25-23-60-21-19-58-17-15-56-5)29-43(44)49-31-45-33(3)37(11-9-13-54)41(52-45)27-39(35)51-40;/h27-32,54-55H,7-26H2,1-6H3;/q-1;. The molecule has 4 heterocycles. The van der Waals surface area contributed by atoms with E-state index in [-0.39, 0.29) is 63.3 Å². The van der Waals surface area contributed by atoms with Crippen molar-refractivity contribution in [2.45, 2.75) is 66.2 Å². The van der Waals surface area contributed by atoms with Gasteiger partial charge in [0.15, 0.2) is 11.5 Å². The van der Waals surface area contributed by atoms with Gasteiger partial charge >= 0.3 is 0 Å². The van der Waals surface area contributed by atoms with Crippen molar-refractivity contribution >= 4 is 44.4 Å². The molecule has 64 heavy (non-hydrogen) atoms. The van der Waals surface area contributed by atoms with Crippen LogP contribution < -0.4 is 14.5 Å². The van der Waals surface area contributed by atoms with Crippen molar-refractivity contribution in [3.05, 3.63) is 70.6 Å². The van der Waals surface area contributed by atoms with Crippen LogP contribution in [0.5, 0.6) is 11.5 Å². The minimum Gasteiger partial charge on any atom is -0.657 e. The quantitative estimate of drug-likeness (QED) is 0.0741. The van der Waals surface area contributed by atoms with Gasteiger partial charge in [0, 0.05) is 76.4 Å². The minimum atomic E-state index is 0. The van der Waals surface area contributed by atoms with E-state index in [4.69, 9.17) is 62.8 Å². The first kappa shape index (κ1) is 53.3. The van der Waals surface area contributed by atoms with Gasteiger partial charge in [-0.05, 0) is 74.7 Å². The number of methoxy groups -OCH3 is 2. The number of fused-ring (bicyclic) bond motifs is 7. The average Bonchev–Trinajstić information content (AvgIpc) is 3.89. The molecule has 2 aliphatic heterocycles. The fourth-order valence-corrected chi connectivity index (χ4v) is 7.33. The fourth-order valence-electron chi connectivity index (χ4n) is 7.33. The maximum atomic E-state index is 9.85. The SMILES string of the molecule is CCc1c(CC)c2cc3nc(cnc4cc(OCCOCCOCCOC)c(OCCOCCOCCOC)cc4ncc4nc(cc1[n-]2)C(CCCO)=C4C)C(C)=C3CCCO.[Lu]. The number of ether oxygens (including phenoxy) is 8. The van der Waals surface area contributed by atoms with Crippen molar-refractivity contribution in [1.29, 1.82) is 0 Å². The number of hydrogen-bond acceptors (Lipinski definition) is 14. The molecule has 2 aromatic heterocycles. The first-order valence-corrected chi connectivity index (χ1v) is 22.1.